The molecule has 4 rings (SSSR count). The van der Waals surface area contributed by atoms with E-state index in [2.05, 4.69) is 5.32 Å². The summed E-state index contributed by atoms with van der Waals surface area (Å²) < 4.78 is 5.63. The molecule has 0 radical (unpaired) electrons. The summed E-state index contributed by atoms with van der Waals surface area (Å²) in [4.78, 5) is 11.5. The molecule has 4 fully saturated rings. The lowest BCUT2D eigenvalue weighted by Crippen LogP contribution is -2.41. The van der Waals surface area contributed by atoms with Crippen LogP contribution < -0.4 is 5.32 Å². The van der Waals surface area contributed by atoms with Crippen LogP contribution in [0.1, 0.15) is 6.42 Å². The highest BCUT2D eigenvalue weighted by atomic mass is 16.5. The van der Waals surface area contributed by atoms with Crippen molar-refractivity contribution in [1.29, 1.82) is 0 Å². The van der Waals surface area contributed by atoms with E-state index in [1.165, 1.54) is 0 Å². The van der Waals surface area contributed by atoms with Crippen molar-refractivity contribution >= 4 is 5.91 Å². The van der Waals surface area contributed by atoms with Gasteiger partial charge >= 0.3 is 0 Å². The van der Waals surface area contributed by atoms with Crippen LogP contribution in [0.2, 0.25) is 0 Å². The first-order chi connectivity index (χ1) is 6.27. The molecule has 7 atom stereocenters. The van der Waals surface area contributed by atoms with Gasteiger partial charge in [0.2, 0.25) is 5.91 Å². The maximum absolute atomic E-state index is 11.5. The van der Waals surface area contributed by atoms with E-state index < -0.39 is 0 Å². The third kappa shape index (κ3) is 0.533. The van der Waals surface area contributed by atoms with Crippen LogP contribution in [-0.4, -0.2) is 29.4 Å². The van der Waals surface area contributed by atoms with Crippen molar-refractivity contribution in [2.75, 3.05) is 0 Å². The maximum atomic E-state index is 11.5. The second-order valence-corrected chi connectivity index (χ2v) is 4.69. The standard InChI is InChI=1S/C9H11NO3/c11-6-2-1-3-5-4(2)8(12)10-9(5)13-7(3)6/h2-7,9,11H,1H2,(H,10,12). The molecule has 4 heteroatoms. The van der Waals surface area contributed by atoms with Gasteiger partial charge in [0.25, 0.3) is 0 Å². The average molecular weight is 181 g/mol. The SMILES string of the molecule is O=C1NC2OC3C(O)C4CC3C2C14. The molecule has 2 saturated heterocycles. The molecule has 0 aromatic carbocycles. The minimum atomic E-state index is -0.387. The fourth-order valence-electron chi connectivity index (χ4n) is 3.96. The van der Waals surface area contributed by atoms with E-state index in [9.17, 15) is 9.90 Å². The molecular formula is C9H11NO3. The Balaban J connectivity index is 1.89. The second-order valence-electron chi connectivity index (χ2n) is 4.69. The molecule has 70 valence electrons. The van der Waals surface area contributed by atoms with Gasteiger partial charge in [0.15, 0.2) is 0 Å². The van der Waals surface area contributed by atoms with Crippen LogP contribution in [0.3, 0.4) is 0 Å². The summed E-state index contributed by atoms with van der Waals surface area (Å²) in [6.07, 6.45) is 0.527. The van der Waals surface area contributed by atoms with E-state index in [0.717, 1.165) is 6.42 Å². The zero-order chi connectivity index (χ0) is 8.74. The molecule has 2 N–H and O–H groups in total. The molecule has 7 unspecified atom stereocenters. The van der Waals surface area contributed by atoms with Gasteiger partial charge < -0.3 is 15.2 Å². The van der Waals surface area contributed by atoms with E-state index in [0.29, 0.717) is 11.8 Å². The van der Waals surface area contributed by atoms with E-state index in [-0.39, 0.29) is 36.2 Å². The first-order valence-corrected chi connectivity index (χ1v) is 4.91. The Morgan fingerprint density at radius 1 is 1.46 bits per heavy atom. The fourth-order valence-corrected chi connectivity index (χ4v) is 3.96. The van der Waals surface area contributed by atoms with Crippen LogP contribution >= 0.6 is 0 Å². The number of nitrogens with one attached hydrogen (secondary N) is 1. The van der Waals surface area contributed by atoms with Gasteiger partial charge in [0, 0.05) is 5.92 Å². The van der Waals surface area contributed by atoms with Crippen LogP contribution in [0.25, 0.3) is 0 Å². The van der Waals surface area contributed by atoms with Crippen LogP contribution in [0.15, 0.2) is 0 Å². The summed E-state index contributed by atoms with van der Waals surface area (Å²) in [6.45, 7) is 0. The zero-order valence-corrected chi connectivity index (χ0v) is 7.01. The highest BCUT2D eigenvalue weighted by molar-refractivity contribution is 5.83. The number of ether oxygens (including phenoxy) is 1. The Bertz CT molecular complexity index is 305. The van der Waals surface area contributed by atoms with Gasteiger partial charge in [-0.3, -0.25) is 4.79 Å². The Morgan fingerprint density at radius 2 is 2.31 bits per heavy atom. The number of fused-ring (bicyclic) bond motifs is 2. The van der Waals surface area contributed by atoms with Crippen LogP contribution in [-0.2, 0) is 9.53 Å². The Labute approximate surface area is 75.3 Å². The lowest BCUT2D eigenvalue weighted by Gasteiger charge is -2.26. The van der Waals surface area contributed by atoms with Gasteiger partial charge in [-0.25, -0.2) is 0 Å². The molecule has 0 spiro atoms. The Morgan fingerprint density at radius 3 is 3.15 bits per heavy atom. The van der Waals surface area contributed by atoms with Crippen LogP contribution in [0.4, 0.5) is 0 Å². The van der Waals surface area contributed by atoms with Gasteiger partial charge in [-0.15, -0.1) is 0 Å². The van der Waals surface area contributed by atoms with Crippen molar-refractivity contribution in [3.8, 4) is 0 Å². The molecule has 0 aromatic rings. The molecule has 2 bridgehead atoms. The quantitative estimate of drug-likeness (QED) is 0.508. The van der Waals surface area contributed by atoms with Gasteiger partial charge in [0.1, 0.15) is 6.23 Å². The third-order valence-electron chi connectivity index (χ3n) is 4.35. The highest BCUT2D eigenvalue weighted by Crippen LogP contribution is 2.61. The minimum Gasteiger partial charge on any atom is -0.390 e. The second kappa shape index (κ2) is 1.77. The summed E-state index contributed by atoms with van der Waals surface area (Å²) in [6, 6.07) is 0. The largest absolute Gasteiger partial charge is 0.390 e. The minimum absolute atomic E-state index is 0.0110. The molecule has 4 aliphatic rings. The predicted octanol–water partition coefficient (Wildman–Crippen LogP) is -0.916. The van der Waals surface area contributed by atoms with E-state index >= 15 is 0 Å². The fraction of sp³-hybridized carbons (Fsp3) is 0.889. The Kier molecular flexibility index (Phi) is 0.922. The van der Waals surface area contributed by atoms with E-state index in [4.69, 9.17) is 4.74 Å². The predicted molar refractivity (Wildman–Crippen MR) is 41.4 cm³/mol. The molecule has 2 heterocycles. The van der Waals surface area contributed by atoms with Crippen molar-refractivity contribution in [3.63, 3.8) is 0 Å². The normalized spacial score (nSPS) is 66.2. The number of carbonyl (C=O) groups is 1. The molecule has 4 nitrogen and oxygen atoms in total. The monoisotopic (exact) mass is 181 g/mol. The third-order valence-corrected chi connectivity index (χ3v) is 4.35. The lowest BCUT2D eigenvalue weighted by atomic mass is 9.80. The summed E-state index contributed by atoms with van der Waals surface area (Å²) >= 11 is 0. The average Bonchev–Trinajstić information content (AvgIpc) is 2.69. The number of hydrogen-bond acceptors (Lipinski definition) is 3. The number of aliphatic hydroxyl groups is 1. The first kappa shape index (κ1) is 6.79. The van der Waals surface area contributed by atoms with Crippen molar-refractivity contribution in [2.45, 2.75) is 24.9 Å². The molecule has 0 aromatic heterocycles. The van der Waals surface area contributed by atoms with Crippen molar-refractivity contribution < 1.29 is 14.6 Å². The summed E-state index contributed by atoms with van der Waals surface area (Å²) in [5.41, 5.74) is 0. The molecule has 1 amide bonds. The number of amides is 1. The van der Waals surface area contributed by atoms with Crippen molar-refractivity contribution in [1.82, 2.24) is 5.32 Å². The van der Waals surface area contributed by atoms with Gasteiger partial charge in [0.05, 0.1) is 18.1 Å². The van der Waals surface area contributed by atoms with E-state index in [1.807, 2.05) is 0 Å². The van der Waals surface area contributed by atoms with Crippen molar-refractivity contribution in [3.05, 3.63) is 0 Å². The van der Waals surface area contributed by atoms with E-state index in [1.54, 1.807) is 0 Å². The van der Waals surface area contributed by atoms with Gasteiger partial charge in [-0.05, 0) is 18.3 Å². The Hall–Kier alpha value is -0.610. The highest BCUT2D eigenvalue weighted by Gasteiger charge is 2.70. The van der Waals surface area contributed by atoms with Crippen LogP contribution in [0, 0.1) is 23.7 Å². The molecule has 2 aliphatic heterocycles. The molecule has 2 aliphatic carbocycles. The van der Waals surface area contributed by atoms with Gasteiger partial charge in [-0.2, -0.15) is 0 Å². The smallest absolute Gasteiger partial charge is 0.225 e. The lowest BCUT2D eigenvalue weighted by molar-refractivity contribution is -0.132. The first-order valence-electron chi connectivity index (χ1n) is 4.91. The molecule has 13 heavy (non-hydrogen) atoms. The van der Waals surface area contributed by atoms with Crippen molar-refractivity contribution in [2.24, 2.45) is 23.7 Å². The molecule has 2 saturated carbocycles. The number of aliphatic hydroxyl groups excluding tert-OH is 1. The zero-order valence-electron chi connectivity index (χ0n) is 7.01. The van der Waals surface area contributed by atoms with Gasteiger partial charge in [-0.1, -0.05) is 0 Å². The number of rotatable bonds is 0. The topological polar surface area (TPSA) is 58.6 Å². The number of hydrogen-bond donors (Lipinski definition) is 2. The summed E-state index contributed by atoms with van der Waals surface area (Å²) in [7, 11) is 0. The summed E-state index contributed by atoms with van der Waals surface area (Å²) in [5, 5.41) is 12.7. The maximum Gasteiger partial charge on any atom is 0.225 e. The summed E-state index contributed by atoms with van der Waals surface area (Å²) in [5.74, 6) is 1.12. The van der Waals surface area contributed by atoms with Crippen LogP contribution in [0.5, 0.6) is 0 Å². The number of carbonyl (C=O) groups excluding carboxylic acids is 1. The molecular weight excluding hydrogens is 170 g/mol.